The van der Waals surface area contributed by atoms with Crippen molar-refractivity contribution >= 4 is 5.97 Å². The molecule has 0 saturated heterocycles. The van der Waals surface area contributed by atoms with Gasteiger partial charge in [-0.15, -0.1) is 6.58 Å². The Morgan fingerprint density at radius 2 is 1.59 bits per heavy atom. The summed E-state index contributed by atoms with van der Waals surface area (Å²) in [5.41, 5.74) is 1.14. The lowest BCUT2D eigenvalue weighted by molar-refractivity contribution is 0.0692. The van der Waals surface area contributed by atoms with E-state index in [0.29, 0.717) is 12.2 Å². The van der Waals surface area contributed by atoms with Crippen LogP contribution in [0.5, 0.6) is 5.75 Å². The molecule has 0 aliphatic carbocycles. The molecule has 2 aromatic rings. The van der Waals surface area contributed by atoms with E-state index in [1.54, 1.807) is 6.07 Å². The third-order valence-corrected chi connectivity index (χ3v) is 4.46. The van der Waals surface area contributed by atoms with Gasteiger partial charge in [0.1, 0.15) is 11.6 Å². The topological polar surface area (TPSA) is 46.5 Å². The molecule has 2 rings (SSSR count). The van der Waals surface area contributed by atoms with Crippen LogP contribution in [0.15, 0.2) is 55.1 Å². The molecule has 0 atom stereocenters. The van der Waals surface area contributed by atoms with E-state index in [9.17, 15) is 9.18 Å². The minimum Gasteiger partial charge on any atom is -0.494 e. The Morgan fingerprint density at radius 3 is 2.22 bits per heavy atom. The van der Waals surface area contributed by atoms with Gasteiger partial charge in [-0.1, -0.05) is 50.0 Å². The van der Waals surface area contributed by atoms with E-state index in [4.69, 9.17) is 9.84 Å². The quantitative estimate of drug-likeness (QED) is 0.343. The average Bonchev–Trinajstić information content (AvgIpc) is 2.67. The molecule has 0 unspecified atom stereocenters. The summed E-state index contributed by atoms with van der Waals surface area (Å²) in [6.07, 6.45) is 10.3. The highest BCUT2D eigenvalue weighted by molar-refractivity contribution is 5.88. The molecular formula is C23H27FO3. The fourth-order valence-electron chi connectivity index (χ4n) is 2.90. The van der Waals surface area contributed by atoms with Gasteiger partial charge in [0.05, 0.1) is 12.2 Å². The van der Waals surface area contributed by atoms with E-state index in [-0.39, 0.29) is 5.56 Å². The molecule has 0 bridgehead atoms. The third-order valence-electron chi connectivity index (χ3n) is 4.46. The lowest BCUT2D eigenvalue weighted by atomic mass is 10.0. The van der Waals surface area contributed by atoms with Gasteiger partial charge in [-0.25, -0.2) is 9.18 Å². The van der Waals surface area contributed by atoms with Crippen molar-refractivity contribution < 1.29 is 19.0 Å². The predicted molar refractivity (Wildman–Crippen MR) is 107 cm³/mol. The first-order chi connectivity index (χ1) is 13.1. The van der Waals surface area contributed by atoms with Crippen LogP contribution >= 0.6 is 0 Å². The van der Waals surface area contributed by atoms with Crippen molar-refractivity contribution in [3.8, 4) is 16.9 Å². The molecule has 0 aliphatic heterocycles. The van der Waals surface area contributed by atoms with Crippen molar-refractivity contribution in [2.45, 2.75) is 44.9 Å². The number of ether oxygens (including phenoxy) is 1. The van der Waals surface area contributed by atoms with Gasteiger partial charge in [0, 0.05) is 0 Å². The second kappa shape index (κ2) is 11.2. The molecule has 0 aliphatic rings. The van der Waals surface area contributed by atoms with Crippen LogP contribution in [-0.2, 0) is 0 Å². The SMILES string of the molecule is C=CCCCCCCCCOc1ccc(-c2ccc(C(=O)O)c(F)c2)cc1. The van der Waals surface area contributed by atoms with Crippen molar-refractivity contribution in [2.24, 2.45) is 0 Å². The number of carbonyl (C=O) groups is 1. The van der Waals surface area contributed by atoms with Crippen molar-refractivity contribution in [2.75, 3.05) is 6.61 Å². The van der Waals surface area contributed by atoms with Crippen molar-refractivity contribution in [3.05, 3.63) is 66.5 Å². The molecule has 0 amide bonds. The van der Waals surface area contributed by atoms with E-state index < -0.39 is 11.8 Å². The zero-order valence-electron chi connectivity index (χ0n) is 15.6. The molecule has 4 heteroatoms. The smallest absolute Gasteiger partial charge is 0.338 e. The molecule has 3 nitrogen and oxygen atoms in total. The fourth-order valence-corrected chi connectivity index (χ4v) is 2.90. The van der Waals surface area contributed by atoms with Crippen LogP contribution in [0.4, 0.5) is 4.39 Å². The molecule has 2 aromatic carbocycles. The summed E-state index contributed by atoms with van der Waals surface area (Å²) in [5.74, 6) is -1.21. The largest absolute Gasteiger partial charge is 0.494 e. The lowest BCUT2D eigenvalue weighted by Crippen LogP contribution is -2.00. The van der Waals surface area contributed by atoms with E-state index in [2.05, 4.69) is 6.58 Å². The van der Waals surface area contributed by atoms with Gasteiger partial charge in [-0.2, -0.15) is 0 Å². The van der Waals surface area contributed by atoms with Gasteiger partial charge in [0.2, 0.25) is 0 Å². The molecule has 144 valence electrons. The van der Waals surface area contributed by atoms with Crippen LogP contribution in [0.3, 0.4) is 0 Å². The Hall–Kier alpha value is -2.62. The summed E-state index contributed by atoms with van der Waals surface area (Å²) in [4.78, 5) is 10.9. The Bertz CT molecular complexity index is 738. The first-order valence-electron chi connectivity index (χ1n) is 9.49. The van der Waals surface area contributed by atoms with Crippen LogP contribution < -0.4 is 4.74 Å². The maximum Gasteiger partial charge on any atom is 0.338 e. The molecule has 0 heterocycles. The molecule has 0 spiro atoms. The number of rotatable bonds is 12. The molecule has 0 saturated carbocycles. The van der Waals surface area contributed by atoms with Crippen LogP contribution in [0, 0.1) is 5.82 Å². The number of hydrogen-bond donors (Lipinski definition) is 1. The summed E-state index contributed by atoms with van der Waals surface area (Å²) in [5, 5.41) is 8.89. The van der Waals surface area contributed by atoms with E-state index in [0.717, 1.165) is 24.2 Å². The highest BCUT2D eigenvalue weighted by Gasteiger charge is 2.11. The predicted octanol–water partition coefficient (Wildman–Crippen LogP) is 6.49. The molecule has 27 heavy (non-hydrogen) atoms. The number of unbranched alkanes of at least 4 members (excludes halogenated alkanes) is 6. The van der Waals surface area contributed by atoms with Gasteiger partial charge in [0.15, 0.2) is 0 Å². The van der Waals surface area contributed by atoms with Crippen molar-refractivity contribution in [3.63, 3.8) is 0 Å². The van der Waals surface area contributed by atoms with E-state index in [1.165, 1.54) is 44.2 Å². The second-order valence-electron chi connectivity index (χ2n) is 6.57. The van der Waals surface area contributed by atoms with Gasteiger partial charge in [0.25, 0.3) is 0 Å². The average molecular weight is 370 g/mol. The fraction of sp³-hybridized carbons (Fsp3) is 0.348. The second-order valence-corrected chi connectivity index (χ2v) is 6.57. The number of carboxylic acid groups (broad SMARTS) is 1. The number of benzene rings is 2. The van der Waals surface area contributed by atoms with Crippen LogP contribution in [0.2, 0.25) is 0 Å². The van der Waals surface area contributed by atoms with E-state index in [1.807, 2.05) is 30.3 Å². The normalized spacial score (nSPS) is 10.6. The Kier molecular flexibility index (Phi) is 8.56. The van der Waals surface area contributed by atoms with Gasteiger partial charge >= 0.3 is 5.97 Å². The zero-order valence-corrected chi connectivity index (χ0v) is 15.6. The molecule has 0 fully saturated rings. The highest BCUT2D eigenvalue weighted by atomic mass is 19.1. The standard InChI is InChI=1S/C23H27FO3/c1-2-3-4-5-6-7-8-9-16-27-20-13-10-18(11-14-20)19-12-15-21(23(25)26)22(24)17-19/h2,10-15,17H,1,3-9,16H2,(H,25,26). The van der Waals surface area contributed by atoms with Gasteiger partial charge < -0.3 is 9.84 Å². The number of hydrogen-bond acceptors (Lipinski definition) is 2. The first-order valence-corrected chi connectivity index (χ1v) is 9.49. The Labute approximate surface area is 160 Å². The zero-order chi connectivity index (χ0) is 19.5. The minimum atomic E-state index is -1.26. The summed E-state index contributed by atoms with van der Waals surface area (Å²) >= 11 is 0. The van der Waals surface area contributed by atoms with Crippen molar-refractivity contribution in [1.82, 2.24) is 0 Å². The van der Waals surface area contributed by atoms with Crippen LogP contribution in [0.1, 0.15) is 55.3 Å². The first kappa shape index (κ1) is 20.7. The molecular weight excluding hydrogens is 343 g/mol. The van der Waals surface area contributed by atoms with Gasteiger partial charge in [-0.05, 0) is 54.7 Å². The molecule has 0 radical (unpaired) electrons. The number of aromatic carboxylic acids is 1. The highest BCUT2D eigenvalue weighted by Crippen LogP contribution is 2.24. The Balaban J connectivity index is 1.74. The van der Waals surface area contributed by atoms with Crippen LogP contribution in [-0.4, -0.2) is 17.7 Å². The minimum absolute atomic E-state index is 0.320. The summed E-state index contributed by atoms with van der Waals surface area (Å²) in [7, 11) is 0. The monoisotopic (exact) mass is 370 g/mol. The number of halogens is 1. The van der Waals surface area contributed by atoms with Crippen molar-refractivity contribution in [1.29, 1.82) is 0 Å². The van der Waals surface area contributed by atoms with E-state index >= 15 is 0 Å². The summed E-state index contributed by atoms with van der Waals surface area (Å²) in [6, 6.07) is 11.6. The number of carboxylic acids is 1. The third kappa shape index (κ3) is 6.89. The Morgan fingerprint density at radius 1 is 0.963 bits per heavy atom. The van der Waals surface area contributed by atoms with Crippen LogP contribution in [0.25, 0.3) is 11.1 Å². The summed E-state index contributed by atoms with van der Waals surface area (Å²) < 4.78 is 19.6. The molecule has 1 N–H and O–H groups in total. The maximum absolute atomic E-state index is 13.8. The molecule has 0 aromatic heterocycles. The maximum atomic E-state index is 13.8. The summed E-state index contributed by atoms with van der Waals surface area (Å²) in [6.45, 7) is 4.42. The lowest BCUT2D eigenvalue weighted by Gasteiger charge is -2.08. The number of allylic oxidation sites excluding steroid dienone is 1. The van der Waals surface area contributed by atoms with Gasteiger partial charge in [-0.3, -0.25) is 0 Å².